The number of anilines is 2. The van der Waals surface area contributed by atoms with Gasteiger partial charge in [-0.3, -0.25) is 9.69 Å². The highest BCUT2D eigenvalue weighted by molar-refractivity contribution is 5.84. The van der Waals surface area contributed by atoms with Gasteiger partial charge < -0.3 is 24.6 Å². The van der Waals surface area contributed by atoms with Crippen molar-refractivity contribution in [1.82, 2.24) is 40.2 Å². The van der Waals surface area contributed by atoms with Crippen molar-refractivity contribution in [1.29, 1.82) is 0 Å². The Labute approximate surface area is 300 Å². The Morgan fingerprint density at radius 2 is 1.53 bits per heavy atom. The van der Waals surface area contributed by atoms with Crippen molar-refractivity contribution in [3.8, 4) is 11.7 Å². The van der Waals surface area contributed by atoms with Gasteiger partial charge in [-0.2, -0.15) is 19.6 Å². The summed E-state index contributed by atoms with van der Waals surface area (Å²) >= 11 is 0. The predicted molar refractivity (Wildman–Crippen MR) is 192 cm³/mol. The minimum absolute atomic E-state index is 0.120. The van der Waals surface area contributed by atoms with Gasteiger partial charge in [-0.1, -0.05) is 17.3 Å². The minimum atomic E-state index is -0.232. The second-order valence-electron chi connectivity index (χ2n) is 16.3. The molecule has 13 nitrogen and oxygen atoms in total. The molecule has 2 atom stereocenters. The van der Waals surface area contributed by atoms with E-state index in [0.29, 0.717) is 55.3 Å². The summed E-state index contributed by atoms with van der Waals surface area (Å²) in [5.74, 6) is 4.40. The van der Waals surface area contributed by atoms with Crippen molar-refractivity contribution >= 4 is 17.8 Å². The maximum absolute atomic E-state index is 14.2. The number of carbonyl (C=O) groups excluding carboxylic acids is 1. The van der Waals surface area contributed by atoms with E-state index in [2.05, 4.69) is 54.6 Å². The predicted octanol–water partition coefficient (Wildman–Crippen LogP) is 3.91. The van der Waals surface area contributed by atoms with E-state index in [1.807, 2.05) is 6.20 Å². The lowest BCUT2D eigenvalue weighted by Gasteiger charge is -2.61. The van der Waals surface area contributed by atoms with Gasteiger partial charge >= 0.3 is 0 Å². The van der Waals surface area contributed by atoms with Crippen molar-refractivity contribution in [2.24, 2.45) is 17.3 Å². The standard InChI is InChI=1S/C38H52N10O3/c1-50-32-7-5-29(6-8-32)37-20-27-19-28(21-37)23-38(22-27,26-37)33(49)39-30-9-13-45(14-10-30)24-31-25-48(44-43-31)36-41-34(46-11-3-2-4-12-46)40-35(42-36)47-15-17-51-18-16-47/h5-8,25,27-28,30H,2-4,9-24,26H2,1H3,(H,39,49). The molecule has 2 aromatic heterocycles. The van der Waals surface area contributed by atoms with Crippen LogP contribution in [0, 0.1) is 17.3 Å². The van der Waals surface area contributed by atoms with E-state index in [-0.39, 0.29) is 16.9 Å². The molecule has 1 amide bonds. The van der Waals surface area contributed by atoms with Gasteiger partial charge in [0.05, 0.1) is 37.6 Å². The third kappa shape index (κ3) is 6.56. The number of rotatable bonds is 9. The second-order valence-corrected chi connectivity index (χ2v) is 16.3. The number of piperidine rings is 2. The maximum Gasteiger partial charge on any atom is 0.258 e. The fourth-order valence-electron chi connectivity index (χ4n) is 10.7. The Hall–Kier alpha value is -3.84. The Morgan fingerprint density at radius 1 is 0.863 bits per heavy atom. The number of methoxy groups -OCH3 is 1. The first-order chi connectivity index (χ1) is 25.0. The average molecular weight is 697 g/mol. The maximum atomic E-state index is 14.2. The van der Waals surface area contributed by atoms with Crippen LogP contribution >= 0.6 is 0 Å². The van der Waals surface area contributed by atoms with Crippen LogP contribution in [0.2, 0.25) is 0 Å². The first-order valence-corrected chi connectivity index (χ1v) is 19.4. The number of nitrogens with one attached hydrogen (secondary N) is 1. The van der Waals surface area contributed by atoms with Crippen LogP contribution in [0.25, 0.3) is 5.95 Å². The highest BCUT2D eigenvalue weighted by Crippen LogP contribution is 2.66. The number of aromatic nitrogens is 6. The van der Waals surface area contributed by atoms with Gasteiger partial charge in [0.15, 0.2) is 0 Å². The summed E-state index contributed by atoms with van der Waals surface area (Å²) in [6, 6.07) is 8.91. The van der Waals surface area contributed by atoms with Gasteiger partial charge in [0.1, 0.15) is 5.75 Å². The number of benzene rings is 1. The quantitative estimate of drug-likeness (QED) is 0.350. The van der Waals surface area contributed by atoms with Crippen LogP contribution in [0.5, 0.6) is 5.75 Å². The van der Waals surface area contributed by atoms with Gasteiger partial charge in [0.2, 0.25) is 17.8 Å². The van der Waals surface area contributed by atoms with E-state index in [9.17, 15) is 4.79 Å². The average Bonchev–Trinajstić information content (AvgIpc) is 3.64. The topological polar surface area (TPSA) is 127 Å². The molecule has 3 aliphatic heterocycles. The Balaban J connectivity index is 0.832. The smallest absolute Gasteiger partial charge is 0.258 e. The number of ether oxygens (including phenoxy) is 2. The van der Waals surface area contributed by atoms with Gasteiger partial charge in [-0.15, -0.1) is 5.10 Å². The number of morpholine rings is 1. The second kappa shape index (κ2) is 13.6. The van der Waals surface area contributed by atoms with Crippen molar-refractivity contribution in [3.05, 3.63) is 41.7 Å². The van der Waals surface area contributed by atoms with Crippen LogP contribution in [0.1, 0.15) is 81.9 Å². The Morgan fingerprint density at radius 3 is 2.22 bits per heavy atom. The van der Waals surface area contributed by atoms with Crippen LogP contribution in [-0.4, -0.2) is 106 Å². The number of hydrogen-bond donors (Lipinski definition) is 1. The lowest BCUT2D eigenvalue weighted by Crippen LogP contribution is -2.60. The number of carbonyl (C=O) groups is 1. The summed E-state index contributed by atoms with van der Waals surface area (Å²) in [5, 5.41) is 12.6. The molecular weight excluding hydrogens is 644 g/mol. The van der Waals surface area contributed by atoms with Crippen molar-refractivity contribution in [3.63, 3.8) is 0 Å². The lowest BCUT2D eigenvalue weighted by molar-refractivity contribution is -0.150. The molecule has 0 radical (unpaired) electrons. The zero-order valence-corrected chi connectivity index (χ0v) is 30.0. The first-order valence-electron chi connectivity index (χ1n) is 19.4. The van der Waals surface area contributed by atoms with Crippen LogP contribution < -0.4 is 19.9 Å². The molecule has 7 aliphatic rings. The van der Waals surface area contributed by atoms with Crippen molar-refractivity contribution in [2.45, 2.75) is 88.6 Å². The van der Waals surface area contributed by atoms with Crippen LogP contribution in [0.4, 0.5) is 11.9 Å². The molecule has 4 saturated carbocycles. The summed E-state index contributed by atoms with van der Waals surface area (Å²) in [6.45, 7) is 7.30. The Bertz CT molecular complexity index is 1640. The van der Waals surface area contributed by atoms with E-state index in [0.717, 1.165) is 95.7 Å². The molecule has 4 aliphatic carbocycles. The van der Waals surface area contributed by atoms with Crippen LogP contribution in [0.3, 0.4) is 0 Å². The summed E-state index contributed by atoms with van der Waals surface area (Å²) < 4.78 is 12.7. The number of nitrogens with zero attached hydrogens (tertiary/aromatic N) is 9. The van der Waals surface area contributed by atoms with E-state index in [4.69, 9.17) is 24.4 Å². The Kier molecular flexibility index (Phi) is 8.82. The van der Waals surface area contributed by atoms with Gasteiger partial charge in [-0.05, 0) is 106 Å². The molecule has 3 saturated heterocycles. The fraction of sp³-hybridized carbons (Fsp3) is 0.684. The summed E-state index contributed by atoms with van der Waals surface area (Å²) in [4.78, 5) is 35.6. The molecule has 2 unspecified atom stereocenters. The molecule has 272 valence electrons. The molecule has 4 bridgehead atoms. The lowest BCUT2D eigenvalue weighted by atomic mass is 9.42. The molecule has 10 rings (SSSR count). The molecule has 1 aromatic carbocycles. The molecule has 51 heavy (non-hydrogen) atoms. The SMILES string of the molecule is COc1ccc(C23CC4CC(CC(C(=O)NC5CCN(Cc6cn(-c7nc(N8CCCCC8)nc(N8CCOCC8)n7)nn6)CC5)(C4)C2)C3)cc1. The molecular formula is C38H52N10O3. The number of amides is 1. The summed E-state index contributed by atoms with van der Waals surface area (Å²) in [6.07, 6.45) is 14.2. The first kappa shape index (κ1) is 33.0. The van der Waals surface area contributed by atoms with Gasteiger partial charge in [-0.25, -0.2) is 0 Å². The highest BCUT2D eigenvalue weighted by Gasteiger charge is 2.61. The van der Waals surface area contributed by atoms with E-state index >= 15 is 0 Å². The van der Waals surface area contributed by atoms with Crippen molar-refractivity contribution in [2.75, 3.05) is 69.4 Å². The number of likely N-dealkylation sites (tertiary alicyclic amines) is 1. The molecule has 5 heterocycles. The van der Waals surface area contributed by atoms with E-state index in [1.165, 1.54) is 31.2 Å². The van der Waals surface area contributed by atoms with Crippen LogP contribution in [0.15, 0.2) is 30.5 Å². The van der Waals surface area contributed by atoms with Gasteiger partial charge in [0, 0.05) is 51.9 Å². The number of hydrogen-bond acceptors (Lipinski definition) is 11. The van der Waals surface area contributed by atoms with Crippen LogP contribution in [-0.2, 0) is 21.5 Å². The molecule has 3 aromatic rings. The minimum Gasteiger partial charge on any atom is -0.497 e. The molecule has 13 heteroatoms. The summed E-state index contributed by atoms with van der Waals surface area (Å²) in [5.41, 5.74) is 2.18. The van der Waals surface area contributed by atoms with E-state index in [1.54, 1.807) is 11.8 Å². The third-order valence-corrected chi connectivity index (χ3v) is 12.8. The fourth-order valence-corrected chi connectivity index (χ4v) is 10.7. The van der Waals surface area contributed by atoms with E-state index < -0.39 is 0 Å². The zero-order valence-electron chi connectivity index (χ0n) is 30.0. The largest absolute Gasteiger partial charge is 0.497 e. The normalized spacial score (nSPS) is 29.7. The highest BCUT2D eigenvalue weighted by atomic mass is 16.5. The monoisotopic (exact) mass is 696 g/mol. The van der Waals surface area contributed by atoms with Crippen molar-refractivity contribution < 1.29 is 14.3 Å². The molecule has 1 N–H and O–H groups in total. The molecule has 0 spiro atoms. The molecule has 7 fully saturated rings. The zero-order chi connectivity index (χ0) is 34.4. The summed E-state index contributed by atoms with van der Waals surface area (Å²) in [7, 11) is 1.72. The third-order valence-electron chi connectivity index (χ3n) is 12.8. The van der Waals surface area contributed by atoms with Gasteiger partial charge in [0.25, 0.3) is 5.95 Å².